The van der Waals surface area contributed by atoms with Crippen molar-refractivity contribution in [2.75, 3.05) is 25.0 Å². The molecule has 2 amide bonds. The molecule has 174 valence electrons. The van der Waals surface area contributed by atoms with Crippen LogP contribution in [0.15, 0.2) is 57.7 Å². The van der Waals surface area contributed by atoms with Crippen molar-refractivity contribution < 1.29 is 31.9 Å². The Morgan fingerprint density at radius 3 is 2.30 bits per heavy atom. The molecule has 0 aliphatic heterocycles. The van der Waals surface area contributed by atoms with Gasteiger partial charge in [-0.25, -0.2) is 4.79 Å². The first-order valence-corrected chi connectivity index (χ1v) is 10.1. The first-order valence-electron chi connectivity index (χ1n) is 10.1. The Labute approximate surface area is 186 Å². The summed E-state index contributed by atoms with van der Waals surface area (Å²) < 4.78 is 49.5. The lowest BCUT2D eigenvalue weighted by molar-refractivity contribution is -0.136. The van der Waals surface area contributed by atoms with Crippen molar-refractivity contribution in [3.8, 4) is 5.75 Å². The van der Waals surface area contributed by atoms with Crippen LogP contribution in [0, 0.1) is 0 Å². The smallest absolute Gasteiger partial charge is 0.417 e. The Morgan fingerprint density at radius 1 is 1.03 bits per heavy atom. The van der Waals surface area contributed by atoms with Gasteiger partial charge in [-0.1, -0.05) is 0 Å². The third kappa shape index (κ3) is 5.71. The number of halogens is 3. The summed E-state index contributed by atoms with van der Waals surface area (Å²) in [5.74, 6) is -0.582. The third-order valence-electron chi connectivity index (χ3n) is 4.86. The molecule has 0 aliphatic carbocycles. The van der Waals surface area contributed by atoms with Crippen LogP contribution in [0.4, 0.5) is 18.9 Å². The minimum absolute atomic E-state index is 0.0558. The van der Waals surface area contributed by atoms with Crippen LogP contribution in [0.5, 0.6) is 5.75 Å². The number of carbonyl (C=O) groups is 2. The van der Waals surface area contributed by atoms with E-state index in [1.54, 1.807) is 29.2 Å². The normalized spacial score (nSPS) is 11.3. The van der Waals surface area contributed by atoms with Gasteiger partial charge in [0.1, 0.15) is 11.3 Å². The van der Waals surface area contributed by atoms with Crippen molar-refractivity contribution in [1.82, 2.24) is 4.90 Å². The lowest BCUT2D eigenvalue weighted by Gasteiger charge is -2.18. The Morgan fingerprint density at radius 2 is 1.70 bits per heavy atom. The molecule has 1 aromatic heterocycles. The van der Waals surface area contributed by atoms with E-state index in [0.717, 1.165) is 12.1 Å². The summed E-state index contributed by atoms with van der Waals surface area (Å²) in [6.45, 7) is 4.50. The Bertz CT molecular complexity index is 1220. The highest BCUT2D eigenvalue weighted by atomic mass is 19.4. The van der Waals surface area contributed by atoms with Crippen LogP contribution in [0.3, 0.4) is 0 Å². The lowest BCUT2D eigenvalue weighted by Crippen LogP contribution is -2.30. The SMILES string of the molecule is CCN(CC)C(=O)c1ccc(NC(=O)COc2ccc3c(C(F)(F)F)cc(=O)oc3c2)cc1. The number of amides is 2. The van der Waals surface area contributed by atoms with Crippen LogP contribution in [0.2, 0.25) is 0 Å². The summed E-state index contributed by atoms with van der Waals surface area (Å²) >= 11 is 0. The lowest BCUT2D eigenvalue weighted by atomic mass is 10.1. The van der Waals surface area contributed by atoms with Gasteiger partial charge in [-0.3, -0.25) is 9.59 Å². The number of rotatable bonds is 7. The monoisotopic (exact) mass is 462 g/mol. The molecule has 0 saturated carbocycles. The van der Waals surface area contributed by atoms with Gasteiger partial charge in [0, 0.05) is 41.9 Å². The van der Waals surface area contributed by atoms with E-state index in [1.165, 1.54) is 6.07 Å². The van der Waals surface area contributed by atoms with Crippen molar-refractivity contribution in [3.63, 3.8) is 0 Å². The minimum atomic E-state index is -4.72. The van der Waals surface area contributed by atoms with Crippen LogP contribution in [-0.2, 0) is 11.0 Å². The van der Waals surface area contributed by atoms with Gasteiger partial charge in [-0.2, -0.15) is 13.2 Å². The average Bonchev–Trinajstić information content (AvgIpc) is 2.77. The van der Waals surface area contributed by atoms with Crippen LogP contribution in [0.1, 0.15) is 29.8 Å². The number of nitrogens with zero attached hydrogens (tertiary/aromatic N) is 1. The standard InChI is InChI=1S/C23H21F3N2O5/c1-3-28(4-2)22(31)14-5-7-15(8-6-14)27-20(29)13-32-16-9-10-17-18(23(24,25)26)12-21(30)33-19(17)11-16/h5-12H,3-4,13H2,1-2H3,(H,27,29). The average molecular weight is 462 g/mol. The number of fused-ring (bicyclic) bond motifs is 1. The van der Waals surface area contributed by atoms with Crippen molar-refractivity contribution in [2.45, 2.75) is 20.0 Å². The highest BCUT2D eigenvalue weighted by Gasteiger charge is 2.33. The van der Waals surface area contributed by atoms with Crippen LogP contribution in [0.25, 0.3) is 11.0 Å². The zero-order valence-electron chi connectivity index (χ0n) is 17.9. The van der Waals surface area contributed by atoms with E-state index in [1.807, 2.05) is 13.8 Å². The van der Waals surface area contributed by atoms with Crippen LogP contribution >= 0.6 is 0 Å². The topological polar surface area (TPSA) is 88.9 Å². The first-order chi connectivity index (χ1) is 15.6. The molecule has 1 N–H and O–H groups in total. The molecule has 3 aromatic rings. The van der Waals surface area contributed by atoms with E-state index in [9.17, 15) is 27.6 Å². The second kappa shape index (κ2) is 9.76. The van der Waals surface area contributed by atoms with Gasteiger partial charge in [0.15, 0.2) is 6.61 Å². The summed E-state index contributed by atoms with van der Waals surface area (Å²) in [6.07, 6.45) is -4.72. The Balaban J connectivity index is 1.65. The molecule has 0 fully saturated rings. The molecule has 0 bridgehead atoms. The predicted molar refractivity (Wildman–Crippen MR) is 115 cm³/mol. The summed E-state index contributed by atoms with van der Waals surface area (Å²) in [5.41, 5.74) is -1.63. The van der Waals surface area contributed by atoms with Crippen molar-refractivity contribution in [1.29, 1.82) is 0 Å². The van der Waals surface area contributed by atoms with E-state index in [4.69, 9.17) is 9.15 Å². The number of carbonyl (C=O) groups excluding carboxylic acids is 2. The second-order valence-corrected chi connectivity index (χ2v) is 7.03. The Hall–Kier alpha value is -3.82. The molecule has 0 saturated heterocycles. The van der Waals surface area contributed by atoms with Gasteiger partial charge >= 0.3 is 11.8 Å². The Kier molecular flexibility index (Phi) is 7.05. The van der Waals surface area contributed by atoms with Gasteiger partial charge in [0.2, 0.25) is 0 Å². The maximum atomic E-state index is 13.1. The van der Waals surface area contributed by atoms with Gasteiger partial charge < -0.3 is 19.4 Å². The van der Waals surface area contributed by atoms with Crippen LogP contribution < -0.4 is 15.7 Å². The van der Waals surface area contributed by atoms with Gasteiger partial charge in [0.05, 0.1) is 5.56 Å². The molecule has 2 aromatic carbocycles. The molecule has 0 radical (unpaired) electrons. The summed E-state index contributed by atoms with van der Waals surface area (Å²) in [7, 11) is 0. The van der Waals surface area contributed by atoms with E-state index in [0.29, 0.717) is 30.4 Å². The molecule has 0 unspecified atom stereocenters. The largest absolute Gasteiger partial charge is 0.484 e. The molecule has 1 heterocycles. The zero-order valence-corrected chi connectivity index (χ0v) is 17.9. The molecular formula is C23H21F3N2O5. The number of benzene rings is 2. The number of nitrogens with one attached hydrogen (secondary N) is 1. The fraction of sp³-hybridized carbons (Fsp3) is 0.261. The first kappa shape index (κ1) is 23.8. The zero-order chi connectivity index (χ0) is 24.2. The molecule has 33 heavy (non-hydrogen) atoms. The molecular weight excluding hydrogens is 441 g/mol. The van der Waals surface area contributed by atoms with Crippen molar-refractivity contribution in [3.05, 3.63) is 70.1 Å². The van der Waals surface area contributed by atoms with Crippen molar-refractivity contribution in [2.24, 2.45) is 0 Å². The predicted octanol–water partition coefficient (Wildman–Crippen LogP) is 4.31. The number of hydrogen-bond acceptors (Lipinski definition) is 5. The van der Waals surface area contributed by atoms with Crippen LogP contribution in [-0.4, -0.2) is 36.4 Å². The van der Waals surface area contributed by atoms with E-state index >= 15 is 0 Å². The third-order valence-corrected chi connectivity index (χ3v) is 4.86. The molecule has 0 aliphatic rings. The van der Waals surface area contributed by atoms with E-state index in [2.05, 4.69) is 5.32 Å². The quantitative estimate of drug-likeness (QED) is 0.529. The minimum Gasteiger partial charge on any atom is -0.484 e. The van der Waals surface area contributed by atoms with Crippen molar-refractivity contribution >= 4 is 28.5 Å². The molecule has 7 nitrogen and oxygen atoms in total. The summed E-state index contributed by atoms with van der Waals surface area (Å²) in [5, 5.41) is 2.31. The second-order valence-electron chi connectivity index (χ2n) is 7.03. The fourth-order valence-corrected chi connectivity index (χ4v) is 3.20. The van der Waals surface area contributed by atoms with Gasteiger partial charge in [0.25, 0.3) is 11.8 Å². The number of hydrogen-bond donors (Lipinski definition) is 1. The highest BCUT2D eigenvalue weighted by molar-refractivity contribution is 5.96. The number of ether oxygens (including phenoxy) is 1. The maximum absolute atomic E-state index is 13.1. The van der Waals surface area contributed by atoms with E-state index < -0.39 is 29.9 Å². The molecule has 0 atom stereocenters. The molecule has 0 spiro atoms. The highest BCUT2D eigenvalue weighted by Crippen LogP contribution is 2.34. The number of anilines is 1. The number of alkyl halides is 3. The summed E-state index contributed by atoms with van der Waals surface area (Å²) in [4.78, 5) is 37.6. The van der Waals surface area contributed by atoms with E-state index in [-0.39, 0.29) is 22.6 Å². The maximum Gasteiger partial charge on any atom is 0.417 e. The summed E-state index contributed by atoms with van der Waals surface area (Å²) in [6, 6.07) is 10.2. The molecule has 10 heteroatoms. The van der Waals surface area contributed by atoms with Gasteiger partial charge in [-0.05, 0) is 50.2 Å². The van der Waals surface area contributed by atoms with Gasteiger partial charge in [-0.15, -0.1) is 0 Å². The fourth-order valence-electron chi connectivity index (χ4n) is 3.20. The molecule has 3 rings (SSSR count).